The van der Waals surface area contributed by atoms with Crippen molar-refractivity contribution in [3.8, 4) is 22.1 Å². The molecule has 0 aliphatic carbocycles. The van der Waals surface area contributed by atoms with E-state index in [9.17, 15) is 9.59 Å². The van der Waals surface area contributed by atoms with Gasteiger partial charge in [-0.2, -0.15) is 5.10 Å². The monoisotopic (exact) mass is 385 g/mol. The maximum absolute atomic E-state index is 12.0. The van der Waals surface area contributed by atoms with Crippen LogP contribution in [0.25, 0.3) is 10.6 Å². The zero-order chi connectivity index (χ0) is 19.1. The lowest BCUT2D eigenvalue weighted by atomic mass is 10.3. The van der Waals surface area contributed by atoms with Gasteiger partial charge in [-0.3, -0.25) is 9.59 Å². The molecular formula is C19H19N3O4S. The lowest BCUT2D eigenvalue weighted by Crippen LogP contribution is -2.34. The van der Waals surface area contributed by atoms with Crippen molar-refractivity contribution in [2.45, 2.75) is 6.54 Å². The van der Waals surface area contributed by atoms with Crippen LogP contribution in [0.4, 0.5) is 0 Å². The van der Waals surface area contributed by atoms with Crippen LogP contribution in [-0.2, 0) is 11.3 Å². The van der Waals surface area contributed by atoms with E-state index < -0.39 is 0 Å². The Morgan fingerprint density at radius 2 is 1.96 bits per heavy atom. The Balaban J connectivity index is 1.51. The fourth-order valence-corrected chi connectivity index (χ4v) is 3.09. The molecule has 0 fully saturated rings. The molecule has 1 N–H and O–H groups in total. The summed E-state index contributed by atoms with van der Waals surface area (Å²) in [6, 6.07) is 14.2. The number of carbonyl (C=O) groups is 1. The Hall–Kier alpha value is -3.13. The molecule has 140 valence electrons. The van der Waals surface area contributed by atoms with Crippen molar-refractivity contribution in [1.82, 2.24) is 15.1 Å². The predicted octanol–water partition coefficient (Wildman–Crippen LogP) is 2.18. The van der Waals surface area contributed by atoms with Crippen LogP contribution in [-0.4, -0.2) is 35.9 Å². The first-order valence-electron chi connectivity index (χ1n) is 8.32. The quantitative estimate of drug-likeness (QED) is 0.643. The molecule has 1 aromatic carbocycles. The molecule has 0 spiro atoms. The van der Waals surface area contributed by atoms with Crippen molar-refractivity contribution < 1.29 is 14.3 Å². The van der Waals surface area contributed by atoms with Crippen molar-refractivity contribution in [2.24, 2.45) is 0 Å². The lowest BCUT2D eigenvalue weighted by Gasteiger charge is -2.11. The van der Waals surface area contributed by atoms with E-state index in [1.54, 1.807) is 35.6 Å². The molecule has 3 aromatic rings. The first kappa shape index (κ1) is 18.7. The maximum Gasteiger partial charge on any atom is 0.266 e. The number of para-hydroxylation sites is 2. The SMILES string of the molecule is COc1ccccc1OCC(=O)NCCn1nc(-c2cccs2)ccc1=O. The third kappa shape index (κ3) is 4.95. The smallest absolute Gasteiger partial charge is 0.266 e. The van der Waals surface area contributed by atoms with Gasteiger partial charge in [-0.15, -0.1) is 11.3 Å². The summed E-state index contributed by atoms with van der Waals surface area (Å²) in [5.74, 6) is 0.770. The topological polar surface area (TPSA) is 82.4 Å². The Morgan fingerprint density at radius 1 is 1.15 bits per heavy atom. The standard InChI is InChI=1S/C19H19N3O4S/c1-25-15-5-2-3-6-16(15)26-13-18(23)20-10-11-22-19(24)9-8-14(21-22)17-7-4-12-27-17/h2-9,12H,10-11,13H2,1H3,(H,20,23). The number of aromatic nitrogens is 2. The second-order valence-electron chi connectivity index (χ2n) is 5.55. The van der Waals surface area contributed by atoms with Crippen LogP contribution in [0.2, 0.25) is 0 Å². The number of nitrogens with zero attached hydrogens (tertiary/aromatic N) is 2. The van der Waals surface area contributed by atoms with Crippen molar-refractivity contribution in [1.29, 1.82) is 0 Å². The van der Waals surface area contributed by atoms with E-state index in [1.165, 1.54) is 17.9 Å². The molecule has 0 atom stereocenters. The summed E-state index contributed by atoms with van der Waals surface area (Å²) in [5, 5.41) is 9.01. The molecule has 0 radical (unpaired) electrons. The average Bonchev–Trinajstić information content (AvgIpc) is 3.23. The van der Waals surface area contributed by atoms with Crippen LogP contribution in [0.15, 0.2) is 58.7 Å². The van der Waals surface area contributed by atoms with E-state index >= 15 is 0 Å². The minimum atomic E-state index is -0.289. The fourth-order valence-electron chi connectivity index (χ4n) is 2.40. The van der Waals surface area contributed by atoms with Gasteiger partial charge in [0.2, 0.25) is 0 Å². The molecule has 27 heavy (non-hydrogen) atoms. The van der Waals surface area contributed by atoms with Gasteiger partial charge in [0.05, 0.1) is 18.5 Å². The fraction of sp³-hybridized carbons (Fsp3) is 0.211. The molecule has 2 heterocycles. The zero-order valence-corrected chi connectivity index (χ0v) is 15.6. The molecule has 0 saturated carbocycles. The second kappa shape index (κ2) is 9.00. The minimum Gasteiger partial charge on any atom is -0.493 e. The normalized spacial score (nSPS) is 10.4. The summed E-state index contributed by atoms with van der Waals surface area (Å²) in [6.45, 7) is 0.408. The largest absolute Gasteiger partial charge is 0.493 e. The van der Waals surface area contributed by atoms with E-state index in [0.717, 1.165) is 10.6 Å². The highest BCUT2D eigenvalue weighted by atomic mass is 32.1. The summed E-state index contributed by atoms with van der Waals surface area (Å²) in [5.41, 5.74) is 0.519. The molecule has 0 unspecified atom stereocenters. The third-order valence-electron chi connectivity index (χ3n) is 3.71. The van der Waals surface area contributed by atoms with Gasteiger partial charge in [0.15, 0.2) is 18.1 Å². The Kier molecular flexibility index (Phi) is 6.22. The van der Waals surface area contributed by atoms with Gasteiger partial charge in [0, 0.05) is 12.6 Å². The molecule has 8 heteroatoms. The van der Waals surface area contributed by atoms with Gasteiger partial charge in [0.1, 0.15) is 5.69 Å². The first-order valence-corrected chi connectivity index (χ1v) is 9.20. The van der Waals surface area contributed by atoms with E-state index in [2.05, 4.69) is 10.4 Å². The molecule has 0 bridgehead atoms. The number of rotatable bonds is 8. The molecule has 1 amide bonds. The van der Waals surface area contributed by atoms with Crippen LogP contribution < -0.4 is 20.3 Å². The Morgan fingerprint density at radius 3 is 2.70 bits per heavy atom. The Bertz CT molecular complexity index is 954. The highest BCUT2D eigenvalue weighted by molar-refractivity contribution is 7.13. The van der Waals surface area contributed by atoms with E-state index in [1.807, 2.05) is 23.6 Å². The van der Waals surface area contributed by atoms with Gasteiger partial charge < -0.3 is 14.8 Å². The van der Waals surface area contributed by atoms with Gasteiger partial charge in [-0.25, -0.2) is 4.68 Å². The molecular weight excluding hydrogens is 366 g/mol. The minimum absolute atomic E-state index is 0.141. The predicted molar refractivity (Wildman–Crippen MR) is 103 cm³/mol. The number of hydrogen-bond acceptors (Lipinski definition) is 6. The van der Waals surface area contributed by atoms with Crippen molar-refractivity contribution in [3.05, 3.63) is 64.3 Å². The number of carbonyl (C=O) groups excluding carboxylic acids is 1. The summed E-state index contributed by atoms with van der Waals surface area (Å²) in [7, 11) is 1.54. The highest BCUT2D eigenvalue weighted by Gasteiger charge is 2.08. The number of nitrogens with one attached hydrogen (secondary N) is 1. The van der Waals surface area contributed by atoms with Gasteiger partial charge >= 0.3 is 0 Å². The van der Waals surface area contributed by atoms with Crippen LogP contribution >= 0.6 is 11.3 Å². The number of amides is 1. The average molecular weight is 385 g/mol. The number of methoxy groups -OCH3 is 1. The van der Waals surface area contributed by atoms with E-state index in [4.69, 9.17) is 9.47 Å². The molecule has 3 rings (SSSR count). The summed E-state index contributed by atoms with van der Waals surface area (Å²) < 4.78 is 12.0. The van der Waals surface area contributed by atoms with Crippen molar-refractivity contribution in [2.75, 3.05) is 20.3 Å². The molecule has 2 aromatic heterocycles. The summed E-state index contributed by atoms with van der Waals surface area (Å²) in [4.78, 5) is 24.9. The molecule has 0 aliphatic rings. The zero-order valence-electron chi connectivity index (χ0n) is 14.8. The number of benzene rings is 1. The maximum atomic E-state index is 12.0. The summed E-state index contributed by atoms with van der Waals surface area (Å²) in [6.07, 6.45) is 0. The highest BCUT2D eigenvalue weighted by Crippen LogP contribution is 2.25. The van der Waals surface area contributed by atoms with E-state index in [0.29, 0.717) is 11.5 Å². The van der Waals surface area contributed by atoms with Crippen LogP contribution in [0, 0.1) is 0 Å². The van der Waals surface area contributed by atoms with Gasteiger partial charge in [-0.05, 0) is 29.6 Å². The van der Waals surface area contributed by atoms with Gasteiger partial charge in [-0.1, -0.05) is 18.2 Å². The van der Waals surface area contributed by atoms with Crippen LogP contribution in [0.1, 0.15) is 0 Å². The second-order valence-corrected chi connectivity index (χ2v) is 6.49. The van der Waals surface area contributed by atoms with Gasteiger partial charge in [0.25, 0.3) is 11.5 Å². The number of ether oxygens (including phenoxy) is 2. The van der Waals surface area contributed by atoms with Crippen molar-refractivity contribution in [3.63, 3.8) is 0 Å². The van der Waals surface area contributed by atoms with Crippen LogP contribution in [0.3, 0.4) is 0 Å². The number of thiophene rings is 1. The number of hydrogen-bond donors (Lipinski definition) is 1. The van der Waals surface area contributed by atoms with E-state index in [-0.39, 0.29) is 31.2 Å². The molecule has 0 aliphatic heterocycles. The summed E-state index contributed by atoms with van der Waals surface area (Å²) >= 11 is 1.55. The lowest BCUT2D eigenvalue weighted by molar-refractivity contribution is -0.123. The van der Waals surface area contributed by atoms with Crippen molar-refractivity contribution >= 4 is 17.2 Å². The Labute approximate surface area is 160 Å². The molecule has 0 saturated heterocycles. The molecule has 7 nitrogen and oxygen atoms in total. The third-order valence-corrected chi connectivity index (χ3v) is 4.61. The van der Waals surface area contributed by atoms with Crippen LogP contribution in [0.5, 0.6) is 11.5 Å². The first-order chi connectivity index (χ1) is 13.2.